The van der Waals surface area contributed by atoms with Crippen LogP contribution in [0.4, 0.5) is 0 Å². The second-order valence-corrected chi connectivity index (χ2v) is 27.8. The number of hydrogen-bond donors (Lipinski definition) is 0. The number of benzene rings is 1. The summed E-state index contributed by atoms with van der Waals surface area (Å²) in [7, 11) is -2.26. The maximum Gasteiger partial charge on any atom is 0.0463 e. The van der Waals surface area contributed by atoms with E-state index in [1.165, 1.54) is 19.3 Å². The zero-order valence-electron chi connectivity index (χ0n) is 17.3. The average Bonchev–Trinajstić information content (AvgIpc) is 2.81. The van der Waals surface area contributed by atoms with E-state index in [1.807, 2.05) is 5.56 Å². The number of hydrogen-bond acceptors (Lipinski definition) is 0. The van der Waals surface area contributed by atoms with Crippen molar-refractivity contribution in [2.45, 2.75) is 81.7 Å². The molecule has 2 atom stereocenters. The van der Waals surface area contributed by atoms with Gasteiger partial charge >= 0.3 is 0 Å². The van der Waals surface area contributed by atoms with E-state index in [1.54, 1.807) is 36.0 Å². The van der Waals surface area contributed by atoms with Crippen molar-refractivity contribution in [1.29, 1.82) is 0 Å². The van der Waals surface area contributed by atoms with Gasteiger partial charge in [0.2, 0.25) is 0 Å². The highest BCUT2D eigenvalue weighted by Gasteiger charge is 2.89. The van der Waals surface area contributed by atoms with Gasteiger partial charge in [0.15, 0.2) is 0 Å². The van der Waals surface area contributed by atoms with Crippen molar-refractivity contribution in [2.75, 3.05) is 0 Å². The van der Waals surface area contributed by atoms with Crippen LogP contribution in [0.3, 0.4) is 0 Å². The number of allylic oxidation sites excluding steroid dienone is 1. The van der Waals surface area contributed by atoms with Crippen molar-refractivity contribution in [3.8, 4) is 0 Å². The predicted molar refractivity (Wildman–Crippen MR) is 117 cm³/mol. The van der Waals surface area contributed by atoms with Gasteiger partial charge in [0, 0.05) is 15.2 Å². The Bertz CT molecular complexity index is 831. The predicted octanol–water partition coefficient (Wildman–Crippen LogP) is 6.51. The molecule has 6 aliphatic rings. The Labute approximate surface area is 161 Å². The zero-order valence-corrected chi connectivity index (χ0v) is 19.3. The van der Waals surface area contributed by atoms with E-state index in [0.717, 1.165) is 22.4 Å². The van der Waals surface area contributed by atoms with E-state index in [0.29, 0.717) is 5.41 Å². The van der Waals surface area contributed by atoms with Crippen molar-refractivity contribution in [3.63, 3.8) is 0 Å². The third kappa shape index (κ3) is 1.47. The Kier molecular flexibility index (Phi) is 2.84. The smallest absolute Gasteiger partial charge is 0.0463 e. The van der Waals surface area contributed by atoms with Gasteiger partial charge in [-0.15, -0.1) is 0 Å². The van der Waals surface area contributed by atoms with Gasteiger partial charge in [0.1, 0.15) is 0 Å². The first-order valence-electron chi connectivity index (χ1n) is 11.0. The maximum atomic E-state index is 2.81. The summed E-state index contributed by atoms with van der Waals surface area (Å²) in [6, 6.07) is 7.42. The molecule has 0 nitrogen and oxygen atoms in total. The summed E-state index contributed by atoms with van der Waals surface area (Å²) in [5.41, 5.74) is 7.26. The standard InChI is InChI=1S/C24H34Si2/c1-16-9-19-7-6-8-22(21(19)10-16)23-14-17-11-18(15-23)13-20(12-17)24(23)25(2,3)26(24,4)5/h6-8,10,17-18,20H,9,11-15H2,1-5H3. The number of fused-ring (bicyclic) bond motifs is 1. The second-order valence-electron chi connectivity index (χ2n) is 11.7. The topological polar surface area (TPSA) is 0 Å². The lowest BCUT2D eigenvalue weighted by molar-refractivity contribution is -0.0180. The van der Waals surface area contributed by atoms with Gasteiger partial charge in [0.05, 0.1) is 0 Å². The van der Waals surface area contributed by atoms with Gasteiger partial charge in [-0.2, -0.15) is 0 Å². The van der Waals surface area contributed by atoms with E-state index in [-0.39, 0.29) is 0 Å². The Morgan fingerprint density at radius 3 is 2.19 bits per heavy atom. The molecule has 2 unspecified atom stereocenters. The van der Waals surface area contributed by atoms with Crippen LogP contribution in [0, 0.1) is 17.8 Å². The molecule has 4 bridgehead atoms. The first-order chi connectivity index (χ1) is 12.2. The van der Waals surface area contributed by atoms with E-state index >= 15 is 0 Å². The lowest BCUT2D eigenvalue weighted by Crippen LogP contribution is -2.57. The molecule has 0 aromatic heterocycles. The second kappa shape index (κ2) is 4.51. The molecule has 1 saturated heterocycles. The Balaban J connectivity index is 1.65. The van der Waals surface area contributed by atoms with Crippen molar-refractivity contribution in [3.05, 3.63) is 40.5 Å². The fraction of sp³-hybridized carbons (Fsp3) is 0.667. The molecule has 4 saturated carbocycles. The summed E-state index contributed by atoms with van der Waals surface area (Å²) in [5, 5.41) is 0. The van der Waals surface area contributed by atoms with Gasteiger partial charge < -0.3 is 0 Å². The van der Waals surface area contributed by atoms with Crippen LogP contribution in [0.25, 0.3) is 6.08 Å². The maximum absolute atomic E-state index is 2.81. The van der Waals surface area contributed by atoms with Crippen LogP contribution >= 0.6 is 0 Å². The minimum Gasteiger partial charge on any atom is -0.0710 e. The van der Waals surface area contributed by atoms with Crippen LogP contribution in [0.1, 0.15) is 55.7 Å². The molecule has 7 rings (SSSR count). The summed E-state index contributed by atoms with van der Waals surface area (Å²) in [6.45, 7) is 13.6. The molecule has 1 aromatic carbocycles. The molecule has 0 amide bonds. The van der Waals surface area contributed by atoms with Gasteiger partial charge in [-0.25, -0.2) is 0 Å². The van der Waals surface area contributed by atoms with Crippen LogP contribution in [0.5, 0.6) is 0 Å². The lowest BCUT2D eigenvalue weighted by Gasteiger charge is -2.65. The molecule has 2 heteroatoms. The molecule has 5 aliphatic carbocycles. The third-order valence-electron chi connectivity index (χ3n) is 10.6. The minimum atomic E-state index is -1.13. The molecular formula is C24H34Si2. The molecule has 1 aromatic rings. The first kappa shape index (κ1) is 16.4. The first-order valence-corrected chi connectivity index (χ1v) is 18.0. The molecule has 5 fully saturated rings. The molecule has 0 N–H and O–H groups in total. The fourth-order valence-electron chi connectivity index (χ4n) is 9.99. The lowest BCUT2D eigenvalue weighted by atomic mass is 9.46. The molecule has 0 radical (unpaired) electrons. The largest absolute Gasteiger partial charge is 0.0710 e. The van der Waals surface area contributed by atoms with Crippen LogP contribution in [-0.4, -0.2) is 15.2 Å². The molecule has 26 heavy (non-hydrogen) atoms. The number of rotatable bonds is 1. The monoisotopic (exact) mass is 378 g/mol. The van der Waals surface area contributed by atoms with Crippen molar-refractivity contribution in [2.24, 2.45) is 17.8 Å². The van der Waals surface area contributed by atoms with Crippen LogP contribution in [0.15, 0.2) is 23.8 Å². The summed E-state index contributed by atoms with van der Waals surface area (Å²) in [5.74, 6) is 3.16. The van der Waals surface area contributed by atoms with Crippen LogP contribution in [0.2, 0.25) is 30.8 Å². The summed E-state index contributed by atoms with van der Waals surface area (Å²) < 4.78 is 0.792. The van der Waals surface area contributed by atoms with Gasteiger partial charge in [0.25, 0.3) is 0 Å². The van der Waals surface area contributed by atoms with Crippen molar-refractivity contribution < 1.29 is 0 Å². The van der Waals surface area contributed by atoms with E-state index < -0.39 is 15.2 Å². The Hall–Kier alpha value is -0.606. The fourth-order valence-corrected chi connectivity index (χ4v) is 33.6. The third-order valence-corrected chi connectivity index (χ3v) is 33.7. The molecule has 1 heterocycles. The normalized spacial score (nSPS) is 42.0. The highest BCUT2D eigenvalue weighted by atomic mass is 29.3. The zero-order chi connectivity index (χ0) is 18.1. The van der Waals surface area contributed by atoms with E-state index in [4.69, 9.17) is 0 Å². The summed E-state index contributed by atoms with van der Waals surface area (Å²) >= 11 is 0. The Morgan fingerprint density at radius 2 is 1.58 bits per heavy atom. The molecule has 1 spiro atoms. The summed E-state index contributed by atoms with van der Waals surface area (Å²) in [4.78, 5) is 0. The van der Waals surface area contributed by atoms with Gasteiger partial charge in [-0.1, -0.05) is 56.0 Å². The van der Waals surface area contributed by atoms with Crippen LogP contribution < -0.4 is 0 Å². The van der Waals surface area contributed by atoms with Crippen LogP contribution in [-0.2, 0) is 11.8 Å². The summed E-state index contributed by atoms with van der Waals surface area (Å²) in [6.07, 6.45) is 11.6. The van der Waals surface area contributed by atoms with E-state index in [9.17, 15) is 0 Å². The van der Waals surface area contributed by atoms with Gasteiger partial charge in [-0.05, 0) is 90.0 Å². The van der Waals surface area contributed by atoms with Crippen molar-refractivity contribution in [1.82, 2.24) is 0 Å². The Morgan fingerprint density at radius 1 is 0.923 bits per heavy atom. The molecule has 138 valence electrons. The highest BCUT2D eigenvalue weighted by Crippen LogP contribution is 2.88. The van der Waals surface area contributed by atoms with Gasteiger partial charge in [-0.3, -0.25) is 0 Å². The average molecular weight is 379 g/mol. The van der Waals surface area contributed by atoms with E-state index in [2.05, 4.69) is 57.4 Å². The highest BCUT2D eigenvalue weighted by molar-refractivity contribution is 7.61. The quantitative estimate of drug-likeness (QED) is 0.488. The van der Waals surface area contributed by atoms with Crippen molar-refractivity contribution >= 4 is 21.3 Å². The molecule has 1 aliphatic heterocycles. The minimum absolute atomic E-state index is 0.555. The molecular weight excluding hydrogens is 344 g/mol. The SMILES string of the molecule is CC1=Cc2c(cccc2C23CC4CC(CC(C4)C24[Si](C)(C)[Si]4(C)C)C3)C1.